The van der Waals surface area contributed by atoms with E-state index in [-0.39, 0.29) is 5.71 Å². The van der Waals surface area contributed by atoms with Crippen molar-refractivity contribution in [3.63, 3.8) is 0 Å². The lowest BCUT2D eigenvalue weighted by molar-refractivity contribution is 0.301. The Morgan fingerprint density at radius 3 is 1.90 bits per heavy atom. The summed E-state index contributed by atoms with van der Waals surface area (Å²) in [7, 11) is 0. The number of nitrogens with zero attached hydrogens (tertiary/aromatic N) is 3. The van der Waals surface area contributed by atoms with Crippen LogP contribution >= 0.6 is 34.4 Å². The van der Waals surface area contributed by atoms with Gasteiger partial charge in [-0.1, -0.05) is 64.7 Å². The van der Waals surface area contributed by atoms with Gasteiger partial charge in [0, 0.05) is 37.6 Å². The Morgan fingerprint density at radius 1 is 0.667 bits per heavy atom. The topological polar surface area (TPSA) is 47.4 Å². The van der Waals surface area contributed by atoms with Crippen molar-refractivity contribution in [2.75, 3.05) is 6.61 Å². The van der Waals surface area contributed by atoms with Gasteiger partial charge in [-0.3, -0.25) is 0 Å². The van der Waals surface area contributed by atoms with Crippen molar-refractivity contribution in [2.45, 2.75) is 91.9 Å². The number of rotatable bonds is 14. The Balaban J connectivity index is 1.30. The summed E-state index contributed by atoms with van der Waals surface area (Å²) in [5.74, 6) is -9.45. The van der Waals surface area contributed by atoms with Crippen molar-refractivity contribution in [2.24, 2.45) is 4.99 Å². The highest BCUT2D eigenvalue weighted by Gasteiger charge is 2.34. The molecule has 0 bridgehead atoms. The molecule has 0 fully saturated rings. The second-order valence-corrected chi connectivity index (χ2v) is 15.1. The number of benzene rings is 2. The van der Waals surface area contributed by atoms with Gasteiger partial charge in [-0.15, -0.1) is 22.7 Å². The Bertz CT molecular complexity index is 1980. The zero-order valence-corrected chi connectivity index (χ0v) is 29.7. The molecule has 48 heavy (non-hydrogen) atoms. The van der Waals surface area contributed by atoms with Gasteiger partial charge in [0.2, 0.25) is 5.82 Å². The third-order valence-electron chi connectivity index (χ3n) is 8.84. The number of hydrogen-bond donors (Lipinski definition) is 0. The van der Waals surface area contributed by atoms with Crippen LogP contribution in [0.25, 0.3) is 31.2 Å². The van der Waals surface area contributed by atoms with E-state index >= 15 is 0 Å². The standard InChI is InChI=1S/C36H36F5N3OS3/c1-5-6-7-8-9-10-11-12-13-14-15-45-34-19(3)24(32-30(20(34)4)43-48-44-32)23-17-22-31(21-16-18(2)46-35(21)36(22)47-23)42-33-28(40)26(38)25(37)27(39)29(33)41/h16-17H,5-15H2,1-4H3/b42-31-. The number of aryl methyl sites for hydroxylation is 2. The first-order valence-electron chi connectivity index (χ1n) is 16.4. The minimum Gasteiger partial charge on any atom is -0.493 e. The average molecular weight is 718 g/mol. The molecule has 6 rings (SSSR count). The lowest BCUT2D eigenvalue weighted by Gasteiger charge is -2.16. The third kappa shape index (κ3) is 6.43. The summed E-state index contributed by atoms with van der Waals surface area (Å²) in [6, 6.07) is 3.67. The SMILES string of the molecule is CCCCCCCCCCCCOc1c(C)c(-c2cc3c(s2)-c2sc(C)cc2/C3=N/c2c(F)c(F)c(F)c(F)c2F)c2nsnc2c1C. The van der Waals surface area contributed by atoms with Gasteiger partial charge in [0.15, 0.2) is 23.3 Å². The average Bonchev–Trinajstić information content (AvgIpc) is 3.85. The first-order chi connectivity index (χ1) is 23.1. The van der Waals surface area contributed by atoms with Crippen LogP contribution in [0.2, 0.25) is 0 Å². The van der Waals surface area contributed by atoms with Crippen LogP contribution in [0.1, 0.15) is 98.3 Å². The molecule has 0 saturated heterocycles. The van der Waals surface area contributed by atoms with Crippen molar-refractivity contribution in [3.8, 4) is 25.9 Å². The highest BCUT2D eigenvalue weighted by Crippen LogP contribution is 2.52. The summed E-state index contributed by atoms with van der Waals surface area (Å²) < 4.78 is 87.2. The number of halogens is 5. The maximum atomic E-state index is 14.8. The monoisotopic (exact) mass is 717 g/mol. The molecule has 5 aromatic rings. The molecule has 3 aromatic heterocycles. The lowest BCUT2D eigenvalue weighted by atomic mass is 9.99. The summed E-state index contributed by atoms with van der Waals surface area (Å²) in [6.45, 7) is 8.68. The molecule has 3 heterocycles. The lowest BCUT2D eigenvalue weighted by Crippen LogP contribution is -2.04. The molecule has 12 heteroatoms. The maximum absolute atomic E-state index is 14.8. The van der Waals surface area contributed by atoms with E-state index in [2.05, 4.69) is 20.7 Å². The van der Waals surface area contributed by atoms with Crippen LogP contribution in [0.5, 0.6) is 5.75 Å². The molecule has 0 atom stereocenters. The summed E-state index contributed by atoms with van der Waals surface area (Å²) in [4.78, 5) is 7.49. The molecular formula is C36H36F5N3OS3. The molecule has 2 aromatic carbocycles. The van der Waals surface area contributed by atoms with Crippen LogP contribution in [-0.4, -0.2) is 21.1 Å². The van der Waals surface area contributed by atoms with Gasteiger partial charge < -0.3 is 4.74 Å². The fourth-order valence-electron chi connectivity index (χ4n) is 6.35. The maximum Gasteiger partial charge on any atom is 0.200 e. The smallest absolute Gasteiger partial charge is 0.200 e. The van der Waals surface area contributed by atoms with E-state index in [0.29, 0.717) is 17.7 Å². The Kier molecular flexibility index (Phi) is 10.6. The summed E-state index contributed by atoms with van der Waals surface area (Å²) in [6.07, 6.45) is 12.3. The molecule has 0 aliphatic heterocycles. The molecular weight excluding hydrogens is 682 g/mol. The Labute approximate surface area is 289 Å². The summed E-state index contributed by atoms with van der Waals surface area (Å²) in [5.41, 5.74) is 4.23. The zero-order valence-electron chi connectivity index (χ0n) is 27.3. The van der Waals surface area contributed by atoms with E-state index in [1.807, 2.05) is 32.9 Å². The highest BCUT2D eigenvalue weighted by atomic mass is 32.1. The van der Waals surface area contributed by atoms with Gasteiger partial charge in [0.1, 0.15) is 22.5 Å². The zero-order chi connectivity index (χ0) is 34.1. The number of ether oxygens (including phenoxy) is 1. The minimum absolute atomic E-state index is 0.157. The van der Waals surface area contributed by atoms with Gasteiger partial charge >= 0.3 is 0 Å². The summed E-state index contributed by atoms with van der Waals surface area (Å²) in [5, 5.41) is 0. The van der Waals surface area contributed by atoms with Crippen molar-refractivity contribution in [1.29, 1.82) is 0 Å². The molecule has 0 N–H and O–H groups in total. The Morgan fingerprint density at radius 2 is 1.23 bits per heavy atom. The van der Waals surface area contributed by atoms with Crippen molar-refractivity contribution in [3.05, 3.63) is 68.3 Å². The van der Waals surface area contributed by atoms with Gasteiger partial charge in [-0.25, -0.2) is 26.9 Å². The summed E-state index contributed by atoms with van der Waals surface area (Å²) >= 11 is 4.07. The number of thiophene rings is 2. The van der Waals surface area contributed by atoms with Crippen molar-refractivity contribution in [1.82, 2.24) is 8.75 Å². The fourth-order valence-corrected chi connectivity index (χ4v) is 9.39. The molecule has 0 radical (unpaired) electrons. The number of unbranched alkanes of at least 4 members (excludes halogenated alkanes) is 9. The molecule has 1 aliphatic carbocycles. The molecule has 4 nitrogen and oxygen atoms in total. The second-order valence-electron chi connectivity index (χ2n) is 12.3. The fraction of sp³-hybridized carbons (Fsp3) is 0.417. The molecule has 0 amide bonds. The van der Waals surface area contributed by atoms with Crippen LogP contribution in [0.4, 0.5) is 27.6 Å². The normalized spacial score (nSPS) is 13.2. The van der Waals surface area contributed by atoms with Gasteiger partial charge in [-0.2, -0.15) is 8.75 Å². The first kappa shape index (κ1) is 34.6. The predicted molar refractivity (Wildman–Crippen MR) is 187 cm³/mol. The van der Waals surface area contributed by atoms with Crippen molar-refractivity contribution < 1.29 is 26.7 Å². The Hall–Kier alpha value is -3.22. The van der Waals surface area contributed by atoms with Crippen molar-refractivity contribution >= 4 is 56.8 Å². The number of fused-ring (bicyclic) bond motifs is 4. The number of hydrogen-bond acceptors (Lipinski definition) is 7. The van der Waals surface area contributed by atoms with E-state index in [1.54, 1.807) is 0 Å². The molecule has 0 unspecified atom stereocenters. The minimum atomic E-state index is -2.21. The van der Waals surface area contributed by atoms with E-state index in [9.17, 15) is 22.0 Å². The molecule has 1 aliphatic rings. The molecule has 254 valence electrons. The van der Waals surface area contributed by atoms with E-state index in [4.69, 9.17) is 4.74 Å². The molecule has 0 saturated carbocycles. The van der Waals surface area contributed by atoms with Crippen LogP contribution in [0.3, 0.4) is 0 Å². The van der Waals surface area contributed by atoms with Crippen LogP contribution in [-0.2, 0) is 0 Å². The predicted octanol–water partition coefficient (Wildman–Crippen LogP) is 12.6. The highest BCUT2D eigenvalue weighted by molar-refractivity contribution is 7.25. The van der Waals surface area contributed by atoms with E-state index in [1.165, 1.54) is 74.0 Å². The van der Waals surface area contributed by atoms with Crippen LogP contribution < -0.4 is 4.74 Å². The molecule has 0 spiro atoms. The largest absolute Gasteiger partial charge is 0.493 e. The quantitative estimate of drug-likeness (QED) is 0.0488. The third-order valence-corrected chi connectivity index (χ3v) is 11.7. The van der Waals surface area contributed by atoms with E-state index < -0.39 is 34.8 Å². The van der Waals surface area contributed by atoms with Crippen LogP contribution in [0.15, 0.2) is 17.1 Å². The number of aliphatic imine (C=N–C) groups is 1. The first-order valence-corrected chi connectivity index (χ1v) is 18.7. The van der Waals surface area contributed by atoms with Crippen LogP contribution in [0, 0.1) is 49.9 Å². The second kappa shape index (κ2) is 14.7. The van der Waals surface area contributed by atoms with E-state index in [0.717, 1.165) is 77.6 Å². The van der Waals surface area contributed by atoms with Gasteiger partial charge in [0.25, 0.3) is 0 Å². The van der Waals surface area contributed by atoms with Gasteiger partial charge in [-0.05, 0) is 39.3 Å². The number of aromatic nitrogens is 2. The van der Waals surface area contributed by atoms with Gasteiger partial charge in [0.05, 0.1) is 33.8 Å².